The molecule has 10 heteroatoms. The lowest BCUT2D eigenvalue weighted by molar-refractivity contribution is 0.184. The molecule has 1 saturated heterocycles. The van der Waals surface area contributed by atoms with E-state index in [-0.39, 0.29) is 29.8 Å². The minimum absolute atomic E-state index is 0.115. The molecule has 3 heterocycles. The number of aromatic amines is 1. The van der Waals surface area contributed by atoms with Crippen molar-refractivity contribution in [3.8, 4) is 0 Å². The molecule has 0 unspecified atom stereocenters. The molecule has 0 atom stereocenters. The fraction of sp³-hybridized carbons (Fsp3) is 0.333. The summed E-state index contributed by atoms with van der Waals surface area (Å²) in [4.78, 5) is 17.5. The van der Waals surface area contributed by atoms with Gasteiger partial charge in [-0.15, -0.1) is 0 Å². The average Bonchev–Trinajstić information content (AvgIpc) is 3.29. The van der Waals surface area contributed by atoms with Crippen molar-refractivity contribution < 1.29 is 17.7 Å². The highest BCUT2D eigenvalue weighted by Gasteiger charge is 2.34. The van der Waals surface area contributed by atoms with E-state index in [0.29, 0.717) is 18.8 Å². The Morgan fingerprint density at radius 2 is 1.93 bits per heavy atom. The molecule has 0 saturated carbocycles. The lowest BCUT2D eigenvalue weighted by Gasteiger charge is -2.33. The third-order valence-electron chi connectivity index (χ3n) is 4.93. The molecule has 28 heavy (non-hydrogen) atoms. The van der Waals surface area contributed by atoms with Crippen molar-refractivity contribution in [3.05, 3.63) is 41.9 Å². The maximum absolute atomic E-state index is 12.9. The van der Waals surface area contributed by atoms with Crippen LogP contribution in [0.15, 0.2) is 39.9 Å². The largest absolute Gasteiger partial charge is 0.361 e. The summed E-state index contributed by atoms with van der Waals surface area (Å²) in [5.74, 6) is 0.275. The van der Waals surface area contributed by atoms with Crippen LogP contribution in [0.25, 0.3) is 10.9 Å². The molecule has 9 nitrogen and oxygen atoms in total. The molecule has 1 aliphatic rings. The van der Waals surface area contributed by atoms with E-state index in [0.717, 1.165) is 16.6 Å². The molecule has 1 fully saturated rings. The standard InChI is InChI=1S/C18H21N5O4S/c1-12-17(13(2)27-21-12)28(25,26)23-10-8-22(9-11-23)18(24)20-16-5-3-4-15-14(16)6-7-19-15/h3-7,19H,8-11H2,1-2H3,(H,20,24). The number of amides is 2. The maximum atomic E-state index is 12.9. The number of carbonyl (C=O) groups is 1. The number of aryl methyl sites for hydroxylation is 2. The number of sulfonamides is 1. The van der Waals surface area contributed by atoms with Crippen molar-refractivity contribution in [3.63, 3.8) is 0 Å². The summed E-state index contributed by atoms with van der Waals surface area (Å²) < 4.78 is 32.1. The number of anilines is 1. The van der Waals surface area contributed by atoms with Gasteiger partial charge in [0.1, 0.15) is 10.6 Å². The van der Waals surface area contributed by atoms with Gasteiger partial charge >= 0.3 is 6.03 Å². The molecule has 2 N–H and O–H groups in total. The minimum atomic E-state index is -3.69. The molecule has 2 amide bonds. The number of nitrogens with zero attached hydrogens (tertiary/aromatic N) is 3. The van der Waals surface area contributed by atoms with Crippen molar-refractivity contribution in [1.82, 2.24) is 19.3 Å². The van der Waals surface area contributed by atoms with Gasteiger partial charge in [-0.05, 0) is 32.0 Å². The number of nitrogens with one attached hydrogen (secondary N) is 2. The van der Waals surface area contributed by atoms with Crippen LogP contribution >= 0.6 is 0 Å². The summed E-state index contributed by atoms with van der Waals surface area (Å²) in [7, 11) is -3.69. The molecule has 0 radical (unpaired) electrons. The predicted molar refractivity (Wildman–Crippen MR) is 104 cm³/mol. The summed E-state index contributed by atoms with van der Waals surface area (Å²) in [6, 6.07) is 7.29. The van der Waals surface area contributed by atoms with Gasteiger partial charge in [-0.1, -0.05) is 11.2 Å². The van der Waals surface area contributed by atoms with Crippen molar-refractivity contribution in [2.75, 3.05) is 31.5 Å². The molecule has 1 aliphatic heterocycles. The fourth-order valence-corrected chi connectivity index (χ4v) is 5.21. The Labute approximate surface area is 162 Å². The van der Waals surface area contributed by atoms with Gasteiger partial charge in [0.2, 0.25) is 10.0 Å². The Morgan fingerprint density at radius 1 is 1.18 bits per heavy atom. The number of hydrogen-bond acceptors (Lipinski definition) is 5. The van der Waals surface area contributed by atoms with E-state index in [1.165, 1.54) is 4.31 Å². The van der Waals surface area contributed by atoms with Crippen LogP contribution in [0.1, 0.15) is 11.5 Å². The fourth-order valence-electron chi connectivity index (χ4n) is 3.49. The molecular formula is C18H21N5O4S. The molecule has 148 valence electrons. The summed E-state index contributed by atoms with van der Waals surface area (Å²) >= 11 is 0. The third kappa shape index (κ3) is 3.14. The van der Waals surface area contributed by atoms with Gasteiger partial charge < -0.3 is 19.7 Å². The number of aromatic nitrogens is 2. The Morgan fingerprint density at radius 3 is 2.61 bits per heavy atom. The molecule has 2 aromatic heterocycles. The summed E-state index contributed by atoms with van der Waals surface area (Å²) in [6.45, 7) is 4.23. The van der Waals surface area contributed by atoms with E-state index in [2.05, 4.69) is 15.5 Å². The van der Waals surface area contributed by atoms with Crippen LogP contribution in [0, 0.1) is 13.8 Å². The first-order chi connectivity index (χ1) is 13.4. The molecular weight excluding hydrogens is 382 g/mol. The SMILES string of the molecule is Cc1noc(C)c1S(=O)(=O)N1CCN(C(=O)Nc2cccc3[nH]ccc23)CC1. The first-order valence-electron chi connectivity index (χ1n) is 8.93. The van der Waals surface area contributed by atoms with Gasteiger partial charge in [-0.2, -0.15) is 4.31 Å². The zero-order chi connectivity index (χ0) is 19.9. The van der Waals surface area contributed by atoms with Crippen molar-refractivity contribution in [2.45, 2.75) is 18.7 Å². The number of hydrogen-bond donors (Lipinski definition) is 2. The number of carbonyl (C=O) groups excluding carboxylic acids is 1. The molecule has 3 aromatic rings. The minimum Gasteiger partial charge on any atom is -0.361 e. The van der Waals surface area contributed by atoms with Crippen LogP contribution in [-0.4, -0.2) is 60.0 Å². The first-order valence-corrected chi connectivity index (χ1v) is 10.4. The van der Waals surface area contributed by atoms with Gasteiger partial charge in [-0.3, -0.25) is 0 Å². The highest BCUT2D eigenvalue weighted by Crippen LogP contribution is 2.25. The molecule has 0 aliphatic carbocycles. The predicted octanol–water partition coefficient (Wildman–Crippen LogP) is 2.31. The quantitative estimate of drug-likeness (QED) is 0.697. The van der Waals surface area contributed by atoms with Crippen LogP contribution in [0.3, 0.4) is 0 Å². The summed E-state index contributed by atoms with van der Waals surface area (Å²) in [5, 5.41) is 7.57. The van der Waals surface area contributed by atoms with E-state index in [9.17, 15) is 13.2 Å². The second kappa shape index (κ2) is 6.95. The van der Waals surface area contributed by atoms with Gasteiger partial charge in [-0.25, -0.2) is 13.2 Å². The zero-order valence-electron chi connectivity index (χ0n) is 15.6. The molecule has 0 spiro atoms. The Hall–Kier alpha value is -2.85. The van der Waals surface area contributed by atoms with Crippen LogP contribution in [0.5, 0.6) is 0 Å². The number of rotatable bonds is 3. The number of H-pyrrole nitrogens is 1. The molecule has 1 aromatic carbocycles. The van der Waals surface area contributed by atoms with Crippen molar-refractivity contribution in [1.29, 1.82) is 0 Å². The van der Waals surface area contributed by atoms with Crippen molar-refractivity contribution >= 4 is 32.6 Å². The van der Waals surface area contributed by atoms with Gasteiger partial charge in [0.05, 0.1) is 5.69 Å². The van der Waals surface area contributed by atoms with E-state index in [1.807, 2.05) is 30.5 Å². The second-order valence-corrected chi connectivity index (χ2v) is 8.59. The van der Waals surface area contributed by atoms with Crippen LogP contribution in [0.2, 0.25) is 0 Å². The number of urea groups is 1. The maximum Gasteiger partial charge on any atom is 0.321 e. The summed E-state index contributed by atoms with van der Waals surface area (Å²) in [6.07, 6.45) is 1.82. The lowest BCUT2D eigenvalue weighted by atomic mass is 10.2. The topological polar surface area (TPSA) is 112 Å². The van der Waals surface area contributed by atoms with E-state index in [4.69, 9.17) is 4.52 Å². The van der Waals surface area contributed by atoms with Gasteiger partial charge in [0, 0.05) is 43.3 Å². The Balaban J connectivity index is 1.44. The number of piperazine rings is 1. The lowest BCUT2D eigenvalue weighted by Crippen LogP contribution is -2.51. The van der Waals surface area contributed by atoms with E-state index < -0.39 is 10.0 Å². The highest BCUT2D eigenvalue weighted by molar-refractivity contribution is 7.89. The van der Waals surface area contributed by atoms with E-state index >= 15 is 0 Å². The van der Waals surface area contributed by atoms with Crippen LogP contribution in [0.4, 0.5) is 10.5 Å². The van der Waals surface area contributed by atoms with Crippen LogP contribution < -0.4 is 5.32 Å². The average molecular weight is 403 g/mol. The highest BCUT2D eigenvalue weighted by atomic mass is 32.2. The van der Waals surface area contributed by atoms with Gasteiger partial charge in [0.25, 0.3) is 0 Å². The Kier molecular flexibility index (Phi) is 4.60. The smallest absolute Gasteiger partial charge is 0.321 e. The van der Waals surface area contributed by atoms with Gasteiger partial charge in [0.15, 0.2) is 5.76 Å². The number of benzene rings is 1. The number of fused-ring (bicyclic) bond motifs is 1. The third-order valence-corrected chi connectivity index (χ3v) is 7.07. The van der Waals surface area contributed by atoms with Crippen LogP contribution in [-0.2, 0) is 10.0 Å². The first kappa shape index (κ1) is 18.5. The normalized spacial score (nSPS) is 15.9. The zero-order valence-corrected chi connectivity index (χ0v) is 16.4. The molecule has 4 rings (SSSR count). The second-order valence-electron chi connectivity index (χ2n) is 6.72. The monoisotopic (exact) mass is 403 g/mol. The van der Waals surface area contributed by atoms with E-state index in [1.54, 1.807) is 18.7 Å². The molecule has 0 bridgehead atoms. The summed E-state index contributed by atoms with van der Waals surface area (Å²) in [5.41, 5.74) is 2.00. The Bertz CT molecular complexity index is 1110. The van der Waals surface area contributed by atoms with Crippen molar-refractivity contribution in [2.24, 2.45) is 0 Å².